The molecule has 1 unspecified atom stereocenters. The Hall–Kier alpha value is -1.54. The highest BCUT2D eigenvalue weighted by molar-refractivity contribution is 5.88. The molecule has 0 saturated heterocycles. The van der Waals surface area contributed by atoms with Crippen molar-refractivity contribution >= 4 is 10.8 Å². The van der Waals surface area contributed by atoms with Crippen LogP contribution < -0.4 is 10.5 Å². The molecule has 0 aromatic heterocycles. The molecule has 0 spiro atoms. The third-order valence-electron chi connectivity index (χ3n) is 5.18. The van der Waals surface area contributed by atoms with Crippen molar-refractivity contribution < 1.29 is 4.74 Å². The van der Waals surface area contributed by atoms with Gasteiger partial charge in [0.1, 0.15) is 11.9 Å². The first-order valence-electron chi connectivity index (χ1n) is 9.46. The SMILES string of the molecule is CC(C)(N)CC(Oc1cccc2ccccc12)C1CCCCCC1. The summed E-state index contributed by atoms with van der Waals surface area (Å²) in [5.41, 5.74) is 6.16. The monoisotopic (exact) mass is 325 g/mol. The summed E-state index contributed by atoms with van der Waals surface area (Å²) in [4.78, 5) is 0. The molecular formula is C22H31NO. The second-order valence-electron chi connectivity index (χ2n) is 8.08. The topological polar surface area (TPSA) is 35.2 Å². The summed E-state index contributed by atoms with van der Waals surface area (Å²) in [5.74, 6) is 1.63. The lowest BCUT2D eigenvalue weighted by Gasteiger charge is -2.32. The van der Waals surface area contributed by atoms with Crippen LogP contribution in [0.1, 0.15) is 58.8 Å². The number of benzene rings is 2. The van der Waals surface area contributed by atoms with Crippen molar-refractivity contribution in [2.75, 3.05) is 0 Å². The Bertz CT molecular complexity index is 645. The highest BCUT2D eigenvalue weighted by Crippen LogP contribution is 2.34. The summed E-state index contributed by atoms with van der Waals surface area (Å²) in [6.07, 6.45) is 9.02. The molecule has 1 aliphatic rings. The highest BCUT2D eigenvalue weighted by Gasteiger charge is 2.29. The van der Waals surface area contributed by atoms with Crippen molar-refractivity contribution in [3.8, 4) is 5.75 Å². The van der Waals surface area contributed by atoms with Crippen LogP contribution in [0.3, 0.4) is 0 Å². The molecule has 1 aliphatic carbocycles. The van der Waals surface area contributed by atoms with E-state index in [0.29, 0.717) is 5.92 Å². The van der Waals surface area contributed by atoms with E-state index in [9.17, 15) is 0 Å². The number of ether oxygens (including phenoxy) is 1. The lowest BCUT2D eigenvalue weighted by Crippen LogP contribution is -2.41. The Balaban J connectivity index is 1.87. The van der Waals surface area contributed by atoms with Crippen molar-refractivity contribution in [3.63, 3.8) is 0 Å². The maximum absolute atomic E-state index is 6.62. The molecule has 0 bridgehead atoms. The van der Waals surface area contributed by atoms with E-state index in [-0.39, 0.29) is 11.6 Å². The summed E-state index contributed by atoms with van der Waals surface area (Å²) in [7, 11) is 0. The summed E-state index contributed by atoms with van der Waals surface area (Å²) in [6.45, 7) is 4.23. The minimum absolute atomic E-state index is 0.203. The van der Waals surface area contributed by atoms with Crippen molar-refractivity contribution in [2.24, 2.45) is 11.7 Å². The second kappa shape index (κ2) is 7.57. The minimum Gasteiger partial charge on any atom is -0.489 e. The summed E-state index contributed by atoms with van der Waals surface area (Å²) in [6, 6.07) is 14.8. The van der Waals surface area contributed by atoms with Gasteiger partial charge in [0.25, 0.3) is 0 Å². The van der Waals surface area contributed by atoms with E-state index in [1.807, 2.05) is 0 Å². The number of hydrogen-bond acceptors (Lipinski definition) is 2. The molecule has 130 valence electrons. The number of fused-ring (bicyclic) bond motifs is 1. The first kappa shape index (κ1) is 17.3. The molecule has 24 heavy (non-hydrogen) atoms. The molecule has 0 amide bonds. The van der Waals surface area contributed by atoms with Gasteiger partial charge in [-0.15, -0.1) is 0 Å². The molecule has 0 radical (unpaired) electrons. The Morgan fingerprint density at radius 2 is 1.67 bits per heavy atom. The van der Waals surface area contributed by atoms with Crippen LogP contribution in [0.4, 0.5) is 0 Å². The van der Waals surface area contributed by atoms with Crippen LogP contribution in [0, 0.1) is 5.92 Å². The summed E-state index contributed by atoms with van der Waals surface area (Å²) < 4.78 is 6.62. The predicted octanol–water partition coefficient (Wildman–Crippen LogP) is 5.69. The maximum Gasteiger partial charge on any atom is 0.127 e. The Kier molecular flexibility index (Phi) is 5.45. The fourth-order valence-corrected chi connectivity index (χ4v) is 3.97. The van der Waals surface area contributed by atoms with Gasteiger partial charge < -0.3 is 10.5 Å². The molecular weight excluding hydrogens is 294 g/mol. The zero-order chi connectivity index (χ0) is 17.0. The van der Waals surface area contributed by atoms with E-state index in [1.54, 1.807) is 0 Å². The molecule has 1 saturated carbocycles. The van der Waals surface area contributed by atoms with Gasteiger partial charge >= 0.3 is 0 Å². The normalized spacial score (nSPS) is 18.3. The van der Waals surface area contributed by atoms with Crippen LogP contribution in [-0.2, 0) is 0 Å². The average Bonchev–Trinajstić information content (AvgIpc) is 2.82. The van der Waals surface area contributed by atoms with Crippen LogP contribution in [0.5, 0.6) is 5.75 Å². The standard InChI is InChI=1S/C22H31NO/c1-22(2,23)16-21(18-11-5-3-4-6-12-18)24-20-15-9-13-17-10-7-8-14-19(17)20/h7-10,13-15,18,21H,3-6,11-12,16,23H2,1-2H3. The molecule has 2 heteroatoms. The van der Waals surface area contributed by atoms with Gasteiger partial charge in [-0.3, -0.25) is 0 Å². The zero-order valence-corrected chi connectivity index (χ0v) is 15.1. The average molecular weight is 325 g/mol. The highest BCUT2D eigenvalue weighted by atomic mass is 16.5. The van der Waals surface area contributed by atoms with Gasteiger partial charge in [0.2, 0.25) is 0 Å². The molecule has 1 atom stereocenters. The molecule has 2 aromatic rings. The predicted molar refractivity (Wildman–Crippen MR) is 102 cm³/mol. The maximum atomic E-state index is 6.62. The molecule has 0 aliphatic heterocycles. The van der Waals surface area contributed by atoms with E-state index in [2.05, 4.69) is 56.3 Å². The third kappa shape index (κ3) is 4.51. The van der Waals surface area contributed by atoms with Crippen LogP contribution in [0.25, 0.3) is 10.8 Å². The van der Waals surface area contributed by atoms with E-state index in [1.165, 1.54) is 49.3 Å². The zero-order valence-electron chi connectivity index (χ0n) is 15.1. The van der Waals surface area contributed by atoms with Crippen molar-refractivity contribution in [1.82, 2.24) is 0 Å². The molecule has 2 aromatic carbocycles. The number of hydrogen-bond donors (Lipinski definition) is 1. The van der Waals surface area contributed by atoms with E-state index in [4.69, 9.17) is 10.5 Å². The summed E-state index contributed by atoms with van der Waals surface area (Å²) >= 11 is 0. The van der Waals surface area contributed by atoms with Gasteiger partial charge in [0, 0.05) is 17.3 Å². The van der Waals surface area contributed by atoms with Crippen LogP contribution in [-0.4, -0.2) is 11.6 Å². The van der Waals surface area contributed by atoms with Crippen molar-refractivity contribution in [2.45, 2.75) is 70.4 Å². The fraction of sp³-hybridized carbons (Fsp3) is 0.545. The lowest BCUT2D eigenvalue weighted by atomic mass is 9.86. The van der Waals surface area contributed by atoms with Gasteiger partial charge in [-0.25, -0.2) is 0 Å². The molecule has 1 fully saturated rings. The Labute approximate surface area is 146 Å². The van der Waals surface area contributed by atoms with Crippen LogP contribution in [0.15, 0.2) is 42.5 Å². The van der Waals surface area contributed by atoms with E-state index in [0.717, 1.165) is 12.2 Å². The first-order valence-corrected chi connectivity index (χ1v) is 9.46. The molecule has 3 rings (SSSR count). The largest absolute Gasteiger partial charge is 0.489 e. The molecule has 2 N–H and O–H groups in total. The van der Waals surface area contributed by atoms with Crippen LogP contribution >= 0.6 is 0 Å². The molecule has 0 heterocycles. The van der Waals surface area contributed by atoms with Gasteiger partial charge in [-0.1, -0.05) is 62.1 Å². The van der Waals surface area contributed by atoms with Gasteiger partial charge in [-0.2, -0.15) is 0 Å². The lowest BCUT2D eigenvalue weighted by molar-refractivity contribution is 0.0967. The van der Waals surface area contributed by atoms with Gasteiger partial charge in [0.15, 0.2) is 0 Å². The summed E-state index contributed by atoms with van der Waals surface area (Å²) in [5, 5.41) is 2.44. The quantitative estimate of drug-likeness (QED) is 0.717. The van der Waals surface area contributed by atoms with Crippen molar-refractivity contribution in [1.29, 1.82) is 0 Å². The smallest absolute Gasteiger partial charge is 0.127 e. The Morgan fingerprint density at radius 3 is 2.38 bits per heavy atom. The fourth-order valence-electron chi connectivity index (χ4n) is 3.97. The van der Waals surface area contributed by atoms with E-state index >= 15 is 0 Å². The van der Waals surface area contributed by atoms with Crippen LogP contribution in [0.2, 0.25) is 0 Å². The Morgan fingerprint density at radius 1 is 1.00 bits per heavy atom. The second-order valence-corrected chi connectivity index (χ2v) is 8.08. The van der Waals surface area contributed by atoms with Crippen molar-refractivity contribution in [3.05, 3.63) is 42.5 Å². The van der Waals surface area contributed by atoms with Gasteiger partial charge in [-0.05, 0) is 44.1 Å². The number of nitrogens with two attached hydrogens (primary N) is 1. The first-order chi connectivity index (χ1) is 11.5. The number of rotatable bonds is 5. The van der Waals surface area contributed by atoms with E-state index < -0.39 is 0 Å². The minimum atomic E-state index is -0.207. The third-order valence-corrected chi connectivity index (χ3v) is 5.18. The molecule has 2 nitrogen and oxygen atoms in total. The van der Waals surface area contributed by atoms with Gasteiger partial charge in [0.05, 0.1) is 0 Å².